The number of nitrogens with zero attached hydrogens (tertiary/aromatic N) is 2. The zero-order chi connectivity index (χ0) is 16.2. The molecule has 1 atom stereocenters. The van der Waals surface area contributed by atoms with Crippen molar-refractivity contribution in [3.8, 4) is 0 Å². The van der Waals surface area contributed by atoms with Crippen LogP contribution in [0.5, 0.6) is 0 Å². The second-order valence-corrected chi connectivity index (χ2v) is 6.94. The Labute approximate surface area is 138 Å². The number of nitrogens with one attached hydrogen (secondary N) is 1. The summed E-state index contributed by atoms with van der Waals surface area (Å²) in [6.07, 6.45) is 3.62. The number of likely N-dealkylation sites (N-methyl/N-ethyl adjacent to an activating group) is 1. The van der Waals surface area contributed by atoms with Gasteiger partial charge in [0.15, 0.2) is 5.16 Å². The van der Waals surface area contributed by atoms with Crippen LogP contribution in [0.1, 0.15) is 23.2 Å². The molecule has 1 spiro atoms. The van der Waals surface area contributed by atoms with Gasteiger partial charge in [-0.25, -0.2) is 4.98 Å². The number of para-hydroxylation sites is 1. The maximum Gasteiger partial charge on any atom is 0.254 e. The molecule has 1 amide bonds. The van der Waals surface area contributed by atoms with Gasteiger partial charge < -0.3 is 9.88 Å². The predicted octanol–water partition coefficient (Wildman–Crippen LogP) is 1.89. The van der Waals surface area contributed by atoms with Crippen molar-refractivity contribution in [2.75, 3.05) is 18.2 Å². The number of amides is 1. The fraction of sp³-hybridized carbons (Fsp3) is 0.353. The summed E-state index contributed by atoms with van der Waals surface area (Å²) in [5.74, 6) is 0.108. The largest absolute Gasteiger partial charge is 0.314 e. The Morgan fingerprint density at radius 2 is 2.09 bits per heavy atom. The molecule has 1 aliphatic heterocycles. The highest BCUT2D eigenvalue weighted by molar-refractivity contribution is 7.98. The Morgan fingerprint density at radius 3 is 2.87 bits per heavy atom. The summed E-state index contributed by atoms with van der Waals surface area (Å²) < 4.78 is 0. The third-order valence-corrected chi connectivity index (χ3v) is 5.62. The quantitative estimate of drug-likeness (QED) is 0.642. The summed E-state index contributed by atoms with van der Waals surface area (Å²) in [6.45, 7) is 0. The number of H-pyrrole nitrogens is 1. The lowest BCUT2D eigenvalue weighted by molar-refractivity contribution is -0.123. The van der Waals surface area contributed by atoms with Gasteiger partial charge in [0.25, 0.3) is 5.56 Å². The van der Waals surface area contributed by atoms with Crippen LogP contribution in [0.25, 0.3) is 0 Å². The van der Waals surface area contributed by atoms with Crippen molar-refractivity contribution in [2.24, 2.45) is 0 Å². The molecule has 1 aromatic heterocycles. The van der Waals surface area contributed by atoms with Gasteiger partial charge in [-0.3, -0.25) is 9.59 Å². The molecule has 4 rings (SSSR count). The number of aromatic nitrogens is 2. The molecule has 1 unspecified atom stereocenters. The summed E-state index contributed by atoms with van der Waals surface area (Å²) in [5, 5.41) is 0.609. The van der Waals surface area contributed by atoms with Crippen LogP contribution in [-0.2, 0) is 23.1 Å². The number of fused-ring (bicyclic) bond motifs is 3. The number of hydrogen-bond acceptors (Lipinski definition) is 4. The molecule has 5 nitrogen and oxygen atoms in total. The Kier molecular flexibility index (Phi) is 3.13. The number of aromatic amines is 1. The van der Waals surface area contributed by atoms with Crippen molar-refractivity contribution in [3.05, 3.63) is 51.4 Å². The molecule has 0 radical (unpaired) electrons. The van der Waals surface area contributed by atoms with Gasteiger partial charge in [0.05, 0.1) is 11.1 Å². The third-order valence-electron chi connectivity index (χ3n) is 5.04. The summed E-state index contributed by atoms with van der Waals surface area (Å²) in [6, 6.07) is 7.94. The molecule has 23 heavy (non-hydrogen) atoms. The van der Waals surface area contributed by atoms with E-state index >= 15 is 0 Å². The minimum absolute atomic E-state index is 0.0683. The minimum Gasteiger partial charge on any atom is -0.314 e. The van der Waals surface area contributed by atoms with Crippen LogP contribution >= 0.6 is 11.8 Å². The van der Waals surface area contributed by atoms with Crippen molar-refractivity contribution in [2.45, 2.75) is 29.8 Å². The predicted molar refractivity (Wildman–Crippen MR) is 90.2 cm³/mol. The molecule has 2 aliphatic rings. The zero-order valence-electron chi connectivity index (χ0n) is 13.0. The molecule has 0 fully saturated rings. The Bertz CT molecular complexity index is 876. The van der Waals surface area contributed by atoms with Gasteiger partial charge in [0.2, 0.25) is 5.91 Å². The van der Waals surface area contributed by atoms with Crippen molar-refractivity contribution >= 4 is 23.4 Å². The van der Waals surface area contributed by atoms with Gasteiger partial charge in [0, 0.05) is 24.7 Å². The fourth-order valence-electron chi connectivity index (χ4n) is 3.86. The molecule has 118 valence electrons. The van der Waals surface area contributed by atoms with E-state index in [2.05, 4.69) is 9.97 Å². The van der Waals surface area contributed by atoms with Crippen molar-refractivity contribution in [1.29, 1.82) is 0 Å². The highest BCUT2D eigenvalue weighted by Gasteiger charge is 2.51. The van der Waals surface area contributed by atoms with E-state index < -0.39 is 5.41 Å². The zero-order valence-corrected chi connectivity index (χ0v) is 13.9. The lowest BCUT2D eigenvalue weighted by Gasteiger charge is -2.32. The lowest BCUT2D eigenvalue weighted by atomic mass is 9.69. The van der Waals surface area contributed by atoms with Gasteiger partial charge in [0.1, 0.15) is 0 Å². The normalized spacial score (nSPS) is 22.3. The second-order valence-electron chi connectivity index (χ2n) is 6.14. The number of carbonyl (C=O) groups is 1. The molecule has 1 aliphatic carbocycles. The second kappa shape index (κ2) is 4.96. The van der Waals surface area contributed by atoms with E-state index in [1.807, 2.05) is 37.6 Å². The molecule has 1 N–H and O–H groups in total. The number of benzene rings is 1. The highest BCUT2D eigenvalue weighted by atomic mass is 32.2. The molecule has 0 saturated heterocycles. The minimum atomic E-state index is -0.575. The molecule has 6 heteroatoms. The van der Waals surface area contributed by atoms with E-state index in [9.17, 15) is 9.59 Å². The van der Waals surface area contributed by atoms with Gasteiger partial charge >= 0.3 is 0 Å². The SMILES string of the molecule is CSc1nc2c(c(=O)[nH]1)CCC1(C2)C(=O)N(C)c2ccccc21. The van der Waals surface area contributed by atoms with Crippen LogP contribution in [0, 0.1) is 0 Å². The number of anilines is 1. The van der Waals surface area contributed by atoms with Crippen LogP contribution in [0.3, 0.4) is 0 Å². The van der Waals surface area contributed by atoms with Crippen LogP contribution in [0.4, 0.5) is 5.69 Å². The van der Waals surface area contributed by atoms with Gasteiger partial charge in [-0.05, 0) is 30.7 Å². The van der Waals surface area contributed by atoms with Crippen molar-refractivity contribution in [3.63, 3.8) is 0 Å². The van der Waals surface area contributed by atoms with Crippen LogP contribution in [-0.4, -0.2) is 29.2 Å². The Morgan fingerprint density at radius 1 is 1.30 bits per heavy atom. The smallest absolute Gasteiger partial charge is 0.254 e. The van der Waals surface area contributed by atoms with E-state index in [1.54, 1.807) is 4.90 Å². The number of hydrogen-bond donors (Lipinski definition) is 1. The number of carbonyl (C=O) groups excluding carboxylic acids is 1. The van der Waals surface area contributed by atoms with E-state index in [0.717, 1.165) is 22.5 Å². The molecule has 0 bridgehead atoms. The fourth-order valence-corrected chi connectivity index (χ4v) is 4.26. The molecule has 2 aromatic rings. The third kappa shape index (κ3) is 1.91. The summed E-state index contributed by atoms with van der Waals surface area (Å²) in [5.41, 5.74) is 2.88. The monoisotopic (exact) mass is 327 g/mol. The number of rotatable bonds is 1. The van der Waals surface area contributed by atoms with E-state index in [1.165, 1.54) is 11.8 Å². The first-order valence-electron chi connectivity index (χ1n) is 7.60. The summed E-state index contributed by atoms with van der Waals surface area (Å²) in [4.78, 5) is 34.4. The average Bonchev–Trinajstić information content (AvgIpc) is 2.77. The molecular weight excluding hydrogens is 310 g/mol. The summed E-state index contributed by atoms with van der Waals surface area (Å²) >= 11 is 1.41. The van der Waals surface area contributed by atoms with Crippen LogP contribution in [0.15, 0.2) is 34.2 Å². The standard InChI is InChI=1S/C17H17N3O2S/c1-20-13-6-4-3-5-11(13)17(15(20)22)8-7-10-12(9-17)18-16(23-2)19-14(10)21/h3-6H,7-9H2,1-2H3,(H,18,19,21). The highest BCUT2D eigenvalue weighted by Crippen LogP contribution is 2.47. The lowest BCUT2D eigenvalue weighted by Crippen LogP contribution is -2.44. The van der Waals surface area contributed by atoms with Gasteiger partial charge in [-0.2, -0.15) is 0 Å². The number of thioether (sulfide) groups is 1. The Balaban J connectivity index is 1.88. The van der Waals surface area contributed by atoms with E-state index in [0.29, 0.717) is 24.4 Å². The molecule has 2 heterocycles. The average molecular weight is 327 g/mol. The first-order chi connectivity index (χ1) is 11.1. The summed E-state index contributed by atoms with van der Waals surface area (Å²) in [7, 11) is 1.82. The Hall–Kier alpha value is -2.08. The van der Waals surface area contributed by atoms with E-state index in [-0.39, 0.29) is 11.5 Å². The molecular formula is C17H17N3O2S. The van der Waals surface area contributed by atoms with Crippen molar-refractivity contribution in [1.82, 2.24) is 9.97 Å². The molecule has 1 aromatic carbocycles. The van der Waals surface area contributed by atoms with Crippen LogP contribution in [0.2, 0.25) is 0 Å². The van der Waals surface area contributed by atoms with Crippen LogP contribution < -0.4 is 10.5 Å². The van der Waals surface area contributed by atoms with Gasteiger partial charge in [-0.1, -0.05) is 30.0 Å². The first kappa shape index (κ1) is 14.5. The topological polar surface area (TPSA) is 66.1 Å². The van der Waals surface area contributed by atoms with E-state index in [4.69, 9.17) is 0 Å². The molecule has 0 saturated carbocycles. The first-order valence-corrected chi connectivity index (χ1v) is 8.83. The maximum absolute atomic E-state index is 13.0. The van der Waals surface area contributed by atoms with Crippen molar-refractivity contribution < 1.29 is 4.79 Å². The maximum atomic E-state index is 13.0. The van der Waals surface area contributed by atoms with Gasteiger partial charge in [-0.15, -0.1) is 0 Å².